The van der Waals surface area contributed by atoms with E-state index in [1.54, 1.807) is 0 Å². The first kappa shape index (κ1) is 14.9. The number of nitro groups is 1. The van der Waals surface area contributed by atoms with Crippen LogP contribution in [0.3, 0.4) is 0 Å². The summed E-state index contributed by atoms with van der Waals surface area (Å²) >= 11 is 0. The lowest BCUT2D eigenvalue weighted by Gasteiger charge is -2.15. The van der Waals surface area contributed by atoms with Gasteiger partial charge in [0.25, 0.3) is 11.6 Å². The summed E-state index contributed by atoms with van der Waals surface area (Å²) in [5.74, 6) is -3.74. The number of nitro benzene ring substituents is 1. The first-order valence-electron chi connectivity index (χ1n) is 5.95. The van der Waals surface area contributed by atoms with Crippen molar-refractivity contribution < 1.29 is 28.7 Å². The summed E-state index contributed by atoms with van der Waals surface area (Å²) in [6, 6.07) is 1.74. The van der Waals surface area contributed by atoms with E-state index >= 15 is 0 Å². The smallest absolute Gasteiger partial charge is 0.311 e. The van der Waals surface area contributed by atoms with Crippen LogP contribution in [-0.4, -0.2) is 41.2 Å². The van der Waals surface area contributed by atoms with Crippen LogP contribution >= 0.6 is 0 Å². The molecule has 0 bridgehead atoms. The molecule has 0 aliphatic carbocycles. The monoisotopic (exact) mass is 298 g/mol. The Morgan fingerprint density at radius 1 is 1.43 bits per heavy atom. The molecule has 2 atom stereocenters. The SMILES string of the molecule is O=C(NC1COCC1C(=O)O)c1ccc(F)cc1[N+](=O)[O-]. The lowest BCUT2D eigenvalue weighted by molar-refractivity contribution is -0.385. The molecule has 112 valence electrons. The van der Waals surface area contributed by atoms with Crippen molar-refractivity contribution in [2.75, 3.05) is 13.2 Å². The van der Waals surface area contributed by atoms with E-state index in [2.05, 4.69) is 5.32 Å². The molecule has 1 aliphatic rings. The number of nitrogens with zero attached hydrogens (tertiary/aromatic N) is 1. The van der Waals surface area contributed by atoms with Crippen LogP contribution in [0.5, 0.6) is 0 Å². The zero-order valence-electron chi connectivity index (χ0n) is 10.6. The van der Waals surface area contributed by atoms with Crippen LogP contribution in [-0.2, 0) is 9.53 Å². The molecule has 1 fully saturated rings. The maximum Gasteiger partial charge on any atom is 0.311 e. The van der Waals surface area contributed by atoms with Crippen molar-refractivity contribution in [3.63, 3.8) is 0 Å². The summed E-state index contributed by atoms with van der Waals surface area (Å²) in [6.07, 6.45) is 0. The fraction of sp³-hybridized carbons (Fsp3) is 0.333. The summed E-state index contributed by atoms with van der Waals surface area (Å²) in [7, 11) is 0. The van der Waals surface area contributed by atoms with Gasteiger partial charge in [0.2, 0.25) is 0 Å². The molecule has 1 amide bonds. The number of carboxylic acids is 1. The third-order valence-electron chi connectivity index (χ3n) is 3.12. The summed E-state index contributed by atoms with van der Waals surface area (Å²) < 4.78 is 18.0. The van der Waals surface area contributed by atoms with Gasteiger partial charge in [-0.2, -0.15) is 0 Å². The lowest BCUT2D eigenvalue weighted by atomic mass is 10.0. The molecule has 1 aliphatic heterocycles. The van der Waals surface area contributed by atoms with Crippen LogP contribution in [0.15, 0.2) is 18.2 Å². The van der Waals surface area contributed by atoms with Crippen molar-refractivity contribution in [2.45, 2.75) is 6.04 Å². The number of carbonyl (C=O) groups is 2. The van der Waals surface area contributed by atoms with Crippen molar-refractivity contribution in [3.8, 4) is 0 Å². The zero-order valence-corrected chi connectivity index (χ0v) is 10.6. The molecule has 1 aromatic carbocycles. The predicted octanol–water partition coefficient (Wildman–Crippen LogP) is 0.563. The van der Waals surface area contributed by atoms with Crippen LogP contribution in [0, 0.1) is 21.8 Å². The number of hydrogen-bond acceptors (Lipinski definition) is 5. The van der Waals surface area contributed by atoms with Crippen LogP contribution in [0.25, 0.3) is 0 Å². The van der Waals surface area contributed by atoms with E-state index in [1.165, 1.54) is 0 Å². The zero-order chi connectivity index (χ0) is 15.6. The largest absolute Gasteiger partial charge is 0.481 e. The number of hydrogen-bond donors (Lipinski definition) is 2. The molecular formula is C12H11FN2O6. The fourth-order valence-electron chi connectivity index (χ4n) is 2.03. The van der Waals surface area contributed by atoms with Gasteiger partial charge in [0, 0.05) is 0 Å². The standard InChI is InChI=1S/C12H11FN2O6/c13-6-1-2-7(10(3-6)15(19)20)11(16)14-9-5-21-4-8(9)12(17)18/h1-3,8-9H,4-5H2,(H,14,16)(H,17,18). The second-order valence-electron chi connectivity index (χ2n) is 4.48. The molecule has 2 N–H and O–H groups in total. The number of ether oxygens (including phenoxy) is 1. The summed E-state index contributed by atoms with van der Waals surface area (Å²) in [5.41, 5.74) is -1.02. The van der Waals surface area contributed by atoms with Gasteiger partial charge in [-0.25, -0.2) is 4.39 Å². The molecule has 1 aromatic rings. The molecule has 8 nitrogen and oxygen atoms in total. The predicted molar refractivity (Wildman–Crippen MR) is 66.3 cm³/mol. The highest BCUT2D eigenvalue weighted by molar-refractivity contribution is 5.98. The van der Waals surface area contributed by atoms with Crippen LogP contribution in [0.2, 0.25) is 0 Å². The molecule has 1 saturated heterocycles. The third kappa shape index (κ3) is 3.14. The van der Waals surface area contributed by atoms with Gasteiger partial charge in [-0.3, -0.25) is 19.7 Å². The average molecular weight is 298 g/mol. The molecular weight excluding hydrogens is 287 g/mol. The number of aliphatic carboxylic acids is 1. The first-order chi connectivity index (χ1) is 9.90. The molecule has 0 radical (unpaired) electrons. The highest BCUT2D eigenvalue weighted by atomic mass is 19.1. The maximum absolute atomic E-state index is 13.0. The van der Waals surface area contributed by atoms with E-state index in [0.29, 0.717) is 6.07 Å². The number of nitrogens with one attached hydrogen (secondary N) is 1. The van der Waals surface area contributed by atoms with E-state index < -0.39 is 40.3 Å². The normalized spacial score (nSPS) is 21.0. The molecule has 0 saturated carbocycles. The topological polar surface area (TPSA) is 119 Å². The van der Waals surface area contributed by atoms with E-state index in [-0.39, 0.29) is 18.8 Å². The Balaban J connectivity index is 2.21. The van der Waals surface area contributed by atoms with E-state index in [9.17, 15) is 24.1 Å². The average Bonchev–Trinajstić information content (AvgIpc) is 2.86. The second-order valence-corrected chi connectivity index (χ2v) is 4.48. The van der Waals surface area contributed by atoms with E-state index in [0.717, 1.165) is 12.1 Å². The summed E-state index contributed by atoms with van der Waals surface area (Å²) in [5, 5.41) is 22.2. The molecule has 2 unspecified atom stereocenters. The second kappa shape index (κ2) is 5.83. The lowest BCUT2D eigenvalue weighted by Crippen LogP contribution is -2.42. The molecule has 0 aromatic heterocycles. The highest BCUT2D eigenvalue weighted by Crippen LogP contribution is 2.21. The number of carboxylic acid groups (broad SMARTS) is 1. The number of halogens is 1. The quantitative estimate of drug-likeness (QED) is 0.619. The molecule has 2 rings (SSSR count). The highest BCUT2D eigenvalue weighted by Gasteiger charge is 2.36. The van der Waals surface area contributed by atoms with Gasteiger partial charge in [0.05, 0.1) is 30.2 Å². The van der Waals surface area contributed by atoms with Gasteiger partial charge in [-0.1, -0.05) is 0 Å². The minimum absolute atomic E-state index is 0.00228. The molecule has 9 heteroatoms. The molecule has 21 heavy (non-hydrogen) atoms. The van der Waals surface area contributed by atoms with Gasteiger partial charge < -0.3 is 15.2 Å². The van der Waals surface area contributed by atoms with E-state index in [1.807, 2.05) is 0 Å². The van der Waals surface area contributed by atoms with Crippen molar-refractivity contribution in [1.29, 1.82) is 0 Å². The number of benzene rings is 1. The Labute approximate surface area is 117 Å². The summed E-state index contributed by atoms with van der Waals surface area (Å²) in [6.45, 7) is -0.0521. The Bertz CT molecular complexity index is 605. The van der Waals surface area contributed by atoms with Crippen molar-refractivity contribution in [3.05, 3.63) is 39.7 Å². The Kier molecular flexibility index (Phi) is 4.13. The van der Waals surface area contributed by atoms with Gasteiger partial charge >= 0.3 is 5.97 Å². The van der Waals surface area contributed by atoms with Crippen molar-refractivity contribution in [1.82, 2.24) is 5.32 Å². The van der Waals surface area contributed by atoms with Crippen molar-refractivity contribution >= 4 is 17.6 Å². The van der Waals surface area contributed by atoms with Crippen molar-refractivity contribution in [2.24, 2.45) is 5.92 Å². The van der Waals surface area contributed by atoms with Gasteiger partial charge in [-0.05, 0) is 12.1 Å². The Hall–Kier alpha value is -2.55. The number of amides is 1. The van der Waals surface area contributed by atoms with Crippen LogP contribution < -0.4 is 5.32 Å². The fourth-order valence-corrected chi connectivity index (χ4v) is 2.03. The van der Waals surface area contributed by atoms with Gasteiger partial charge in [-0.15, -0.1) is 0 Å². The van der Waals surface area contributed by atoms with Crippen LogP contribution in [0.4, 0.5) is 10.1 Å². The molecule has 0 spiro atoms. The summed E-state index contributed by atoms with van der Waals surface area (Å²) in [4.78, 5) is 32.9. The Morgan fingerprint density at radius 2 is 2.14 bits per heavy atom. The van der Waals surface area contributed by atoms with Gasteiger partial charge in [0.15, 0.2) is 0 Å². The van der Waals surface area contributed by atoms with Crippen LogP contribution in [0.1, 0.15) is 10.4 Å². The third-order valence-corrected chi connectivity index (χ3v) is 3.12. The minimum atomic E-state index is -1.13. The first-order valence-corrected chi connectivity index (χ1v) is 5.95. The number of carbonyl (C=O) groups excluding carboxylic acids is 1. The minimum Gasteiger partial charge on any atom is -0.481 e. The maximum atomic E-state index is 13.0. The molecule has 1 heterocycles. The number of rotatable bonds is 4. The Morgan fingerprint density at radius 3 is 2.76 bits per heavy atom. The van der Waals surface area contributed by atoms with Gasteiger partial charge in [0.1, 0.15) is 17.3 Å². The van der Waals surface area contributed by atoms with E-state index in [4.69, 9.17) is 9.84 Å².